The van der Waals surface area contributed by atoms with Gasteiger partial charge in [0.25, 0.3) is 0 Å². The van der Waals surface area contributed by atoms with Crippen LogP contribution in [0.4, 0.5) is 4.79 Å². The maximum atomic E-state index is 12.0. The molecule has 94 valence electrons. The molecular weight excluding hydrogens is 214 g/mol. The first-order valence-electron chi connectivity index (χ1n) is 6.09. The van der Waals surface area contributed by atoms with E-state index in [1.807, 2.05) is 44.0 Å². The molecule has 0 atom stereocenters. The molecule has 0 unspecified atom stereocenters. The van der Waals surface area contributed by atoms with Crippen molar-refractivity contribution in [3.63, 3.8) is 0 Å². The number of hydrogen-bond acceptors (Lipinski definition) is 2. The SMILES string of the molecule is CCN(CC)C(=O)N(C)CCc1ccccn1. The summed E-state index contributed by atoms with van der Waals surface area (Å²) in [6, 6.07) is 5.93. The summed E-state index contributed by atoms with van der Waals surface area (Å²) in [6.07, 6.45) is 2.58. The minimum atomic E-state index is 0.0888. The lowest BCUT2D eigenvalue weighted by Gasteiger charge is -2.26. The van der Waals surface area contributed by atoms with Gasteiger partial charge >= 0.3 is 6.03 Å². The molecule has 0 bridgehead atoms. The van der Waals surface area contributed by atoms with E-state index in [0.717, 1.165) is 25.2 Å². The van der Waals surface area contributed by atoms with Crippen molar-refractivity contribution < 1.29 is 4.79 Å². The maximum Gasteiger partial charge on any atom is 0.319 e. The van der Waals surface area contributed by atoms with Gasteiger partial charge in [-0.1, -0.05) is 6.07 Å². The third-order valence-electron chi connectivity index (χ3n) is 2.79. The first-order valence-corrected chi connectivity index (χ1v) is 6.09. The molecule has 4 heteroatoms. The third kappa shape index (κ3) is 4.06. The highest BCUT2D eigenvalue weighted by atomic mass is 16.2. The Morgan fingerprint density at radius 1 is 1.29 bits per heavy atom. The van der Waals surface area contributed by atoms with Gasteiger partial charge in [0.1, 0.15) is 0 Å². The zero-order valence-corrected chi connectivity index (χ0v) is 10.9. The Morgan fingerprint density at radius 2 is 2.00 bits per heavy atom. The summed E-state index contributed by atoms with van der Waals surface area (Å²) in [5.74, 6) is 0. The zero-order valence-electron chi connectivity index (χ0n) is 10.9. The van der Waals surface area contributed by atoms with Gasteiger partial charge in [-0.05, 0) is 26.0 Å². The summed E-state index contributed by atoms with van der Waals surface area (Å²) in [7, 11) is 1.84. The first-order chi connectivity index (χ1) is 8.19. The Bertz CT molecular complexity index is 336. The molecule has 0 aliphatic heterocycles. The molecule has 4 nitrogen and oxygen atoms in total. The molecule has 0 saturated carbocycles. The number of amides is 2. The van der Waals surface area contributed by atoms with E-state index >= 15 is 0 Å². The summed E-state index contributed by atoms with van der Waals surface area (Å²) in [6.45, 7) is 6.20. The highest BCUT2D eigenvalue weighted by Gasteiger charge is 2.14. The van der Waals surface area contributed by atoms with Crippen LogP contribution in [-0.4, -0.2) is 47.5 Å². The van der Waals surface area contributed by atoms with E-state index in [1.54, 1.807) is 11.1 Å². The molecule has 1 aromatic rings. The number of rotatable bonds is 5. The Balaban J connectivity index is 2.44. The molecular formula is C13H21N3O. The van der Waals surface area contributed by atoms with Crippen molar-refractivity contribution in [1.82, 2.24) is 14.8 Å². The van der Waals surface area contributed by atoms with E-state index in [4.69, 9.17) is 0 Å². The van der Waals surface area contributed by atoms with Crippen LogP contribution in [0, 0.1) is 0 Å². The third-order valence-corrected chi connectivity index (χ3v) is 2.79. The second-order valence-electron chi connectivity index (χ2n) is 3.95. The van der Waals surface area contributed by atoms with Crippen LogP contribution < -0.4 is 0 Å². The average molecular weight is 235 g/mol. The fourth-order valence-corrected chi connectivity index (χ4v) is 1.66. The van der Waals surface area contributed by atoms with Crippen LogP contribution in [0.5, 0.6) is 0 Å². The highest BCUT2D eigenvalue weighted by molar-refractivity contribution is 5.74. The van der Waals surface area contributed by atoms with Crippen molar-refractivity contribution in [3.05, 3.63) is 30.1 Å². The van der Waals surface area contributed by atoms with Gasteiger partial charge in [0.05, 0.1) is 0 Å². The number of carbonyl (C=O) groups is 1. The van der Waals surface area contributed by atoms with E-state index in [2.05, 4.69) is 4.98 Å². The number of nitrogens with zero attached hydrogens (tertiary/aromatic N) is 3. The number of aromatic nitrogens is 1. The molecule has 17 heavy (non-hydrogen) atoms. The molecule has 0 aliphatic rings. The van der Waals surface area contributed by atoms with Crippen molar-refractivity contribution in [2.45, 2.75) is 20.3 Å². The average Bonchev–Trinajstić information content (AvgIpc) is 2.38. The van der Waals surface area contributed by atoms with Gasteiger partial charge in [-0.3, -0.25) is 4.98 Å². The van der Waals surface area contributed by atoms with Crippen molar-refractivity contribution in [1.29, 1.82) is 0 Å². The van der Waals surface area contributed by atoms with Crippen LogP contribution in [0.3, 0.4) is 0 Å². The number of hydrogen-bond donors (Lipinski definition) is 0. The minimum absolute atomic E-state index is 0.0888. The zero-order chi connectivity index (χ0) is 12.7. The molecule has 0 N–H and O–H groups in total. The lowest BCUT2D eigenvalue weighted by atomic mass is 10.2. The maximum absolute atomic E-state index is 12.0. The van der Waals surface area contributed by atoms with E-state index in [1.165, 1.54) is 0 Å². The Kier molecular flexibility index (Phi) is 5.46. The van der Waals surface area contributed by atoms with Gasteiger partial charge in [0, 0.05) is 45.0 Å². The van der Waals surface area contributed by atoms with Gasteiger partial charge < -0.3 is 9.80 Å². The molecule has 1 heterocycles. The second-order valence-corrected chi connectivity index (χ2v) is 3.95. The van der Waals surface area contributed by atoms with Crippen LogP contribution in [0.1, 0.15) is 19.5 Å². The van der Waals surface area contributed by atoms with E-state index in [-0.39, 0.29) is 6.03 Å². The normalized spacial score (nSPS) is 10.1. The molecule has 0 aliphatic carbocycles. The molecule has 1 rings (SSSR count). The van der Waals surface area contributed by atoms with Crippen molar-refractivity contribution >= 4 is 6.03 Å². The minimum Gasteiger partial charge on any atom is -0.327 e. The molecule has 1 aromatic heterocycles. The van der Waals surface area contributed by atoms with Gasteiger partial charge in [0.15, 0.2) is 0 Å². The number of pyridine rings is 1. The summed E-state index contributed by atoms with van der Waals surface area (Å²) >= 11 is 0. The standard InChI is InChI=1S/C13H21N3O/c1-4-16(5-2)13(17)15(3)11-9-12-8-6-7-10-14-12/h6-8,10H,4-5,9,11H2,1-3H3. The number of urea groups is 1. The molecule has 0 spiro atoms. The van der Waals surface area contributed by atoms with Crippen molar-refractivity contribution in [3.8, 4) is 0 Å². The smallest absolute Gasteiger partial charge is 0.319 e. The predicted octanol–water partition coefficient (Wildman–Crippen LogP) is 2.02. The molecule has 2 amide bonds. The lowest BCUT2D eigenvalue weighted by Crippen LogP contribution is -2.41. The summed E-state index contributed by atoms with van der Waals surface area (Å²) in [5.41, 5.74) is 1.02. The van der Waals surface area contributed by atoms with Gasteiger partial charge in [-0.25, -0.2) is 4.79 Å². The predicted molar refractivity (Wildman–Crippen MR) is 68.9 cm³/mol. The Morgan fingerprint density at radius 3 is 2.53 bits per heavy atom. The first kappa shape index (κ1) is 13.5. The number of carbonyl (C=O) groups excluding carboxylic acids is 1. The largest absolute Gasteiger partial charge is 0.327 e. The second kappa shape index (κ2) is 6.89. The van der Waals surface area contributed by atoms with Crippen LogP contribution in [0.2, 0.25) is 0 Å². The summed E-state index contributed by atoms with van der Waals surface area (Å²) in [4.78, 5) is 19.8. The van der Waals surface area contributed by atoms with Crippen LogP contribution >= 0.6 is 0 Å². The Labute approximate surface area is 103 Å². The van der Waals surface area contributed by atoms with E-state index in [9.17, 15) is 4.79 Å². The summed E-state index contributed by atoms with van der Waals surface area (Å²) in [5, 5.41) is 0. The van der Waals surface area contributed by atoms with Crippen LogP contribution in [0.15, 0.2) is 24.4 Å². The highest BCUT2D eigenvalue weighted by Crippen LogP contribution is 2.00. The fourth-order valence-electron chi connectivity index (χ4n) is 1.66. The quantitative estimate of drug-likeness (QED) is 0.783. The number of likely N-dealkylation sites (N-methyl/N-ethyl adjacent to an activating group) is 1. The summed E-state index contributed by atoms with van der Waals surface area (Å²) < 4.78 is 0. The van der Waals surface area contributed by atoms with Crippen molar-refractivity contribution in [2.24, 2.45) is 0 Å². The van der Waals surface area contributed by atoms with E-state index < -0.39 is 0 Å². The monoisotopic (exact) mass is 235 g/mol. The van der Waals surface area contributed by atoms with Crippen molar-refractivity contribution in [2.75, 3.05) is 26.7 Å². The van der Waals surface area contributed by atoms with Gasteiger partial charge in [-0.15, -0.1) is 0 Å². The van der Waals surface area contributed by atoms with Gasteiger partial charge in [0.2, 0.25) is 0 Å². The molecule has 0 saturated heterocycles. The van der Waals surface area contributed by atoms with Crippen LogP contribution in [-0.2, 0) is 6.42 Å². The molecule has 0 radical (unpaired) electrons. The fraction of sp³-hybridized carbons (Fsp3) is 0.538. The van der Waals surface area contributed by atoms with E-state index in [0.29, 0.717) is 6.54 Å². The lowest BCUT2D eigenvalue weighted by molar-refractivity contribution is 0.168. The topological polar surface area (TPSA) is 36.4 Å². The molecule has 0 fully saturated rings. The van der Waals surface area contributed by atoms with Gasteiger partial charge in [-0.2, -0.15) is 0 Å². The Hall–Kier alpha value is -1.58. The van der Waals surface area contributed by atoms with Crippen LogP contribution in [0.25, 0.3) is 0 Å². The molecule has 0 aromatic carbocycles.